The minimum atomic E-state index is -0.342. The topological polar surface area (TPSA) is 86.1 Å². The summed E-state index contributed by atoms with van der Waals surface area (Å²) in [5.74, 6) is 1.09. The Balaban J connectivity index is 1.75. The second-order valence-electron chi connectivity index (χ2n) is 5.56. The lowest BCUT2D eigenvalue weighted by atomic mass is 10.3. The smallest absolute Gasteiger partial charge is 0.291 e. The SMILES string of the molecule is Cc1nn(Cc2ccc(C(=O)Nc3c(C)noc3C)o2)c(C)c1Br. The first-order chi connectivity index (χ1) is 11.4. The number of anilines is 1. The number of nitrogens with one attached hydrogen (secondary N) is 1. The van der Waals surface area contributed by atoms with Gasteiger partial charge >= 0.3 is 0 Å². The van der Waals surface area contributed by atoms with Crippen LogP contribution in [0.2, 0.25) is 0 Å². The summed E-state index contributed by atoms with van der Waals surface area (Å²) < 4.78 is 13.5. The molecule has 126 valence electrons. The van der Waals surface area contributed by atoms with Crippen molar-refractivity contribution < 1.29 is 13.7 Å². The Labute approximate surface area is 147 Å². The number of amides is 1. The van der Waals surface area contributed by atoms with Crippen molar-refractivity contribution in [2.45, 2.75) is 34.2 Å². The van der Waals surface area contributed by atoms with Crippen molar-refractivity contribution in [2.24, 2.45) is 0 Å². The minimum Gasteiger partial charge on any atom is -0.454 e. The maximum Gasteiger partial charge on any atom is 0.291 e. The number of aryl methyl sites for hydroxylation is 3. The molecule has 3 aromatic rings. The van der Waals surface area contributed by atoms with Crippen molar-refractivity contribution in [3.05, 3.63) is 51.0 Å². The molecular formula is C16H17BrN4O3. The molecule has 1 amide bonds. The largest absolute Gasteiger partial charge is 0.454 e. The minimum absolute atomic E-state index is 0.227. The molecule has 0 atom stereocenters. The zero-order valence-electron chi connectivity index (χ0n) is 13.8. The summed E-state index contributed by atoms with van der Waals surface area (Å²) in [7, 11) is 0. The number of furan rings is 1. The average molecular weight is 393 g/mol. The predicted octanol–water partition coefficient (Wildman–Crippen LogP) is 3.76. The van der Waals surface area contributed by atoms with Gasteiger partial charge in [-0.1, -0.05) is 5.16 Å². The molecule has 3 aromatic heterocycles. The Morgan fingerprint density at radius 3 is 2.58 bits per heavy atom. The van der Waals surface area contributed by atoms with Crippen molar-refractivity contribution in [2.75, 3.05) is 5.32 Å². The number of nitrogens with zero attached hydrogens (tertiary/aromatic N) is 3. The van der Waals surface area contributed by atoms with Crippen LogP contribution >= 0.6 is 15.9 Å². The summed E-state index contributed by atoms with van der Waals surface area (Å²) in [5.41, 5.74) is 3.11. The fraction of sp³-hybridized carbons (Fsp3) is 0.312. The lowest BCUT2D eigenvalue weighted by Crippen LogP contribution is -2.12. The number of aromatic nitrogens is 3. The van der Waals surface area contributed by atoms with Gasteiger partial charge < -0.3 is 14.3 Å². The van der Waals surface area contributed by atoms with Crippen LogP contribution in [0.1, 0.15) is 39.2 Å². The second-order valence-corrected chi connectivity index (χ2v) is 6.35. The maximum atomic E-state index is 12.3. The summed E-state index contributed by atoms with van der Waals surface area (Å²) in [6.45, 7) is 7.86. The molecule has 0 fully saturated rings. The van der Waals surface area contributed by atoms with Gasteiger partial charge in [-0.05, 0) is 55.8 Å². The van der Waals surface area contributed by atoms with Crippen LogP contribution in [0.3, 0.4) is 0 Å². The highest BCUT2D eigenvalue weighted by Gasteiger charge is 2.17. The van der Waals surface area contributed by atoms with Gasteiger partial charge in [0.2, 0.25) is 0 Å². The lowest BCUT2D eigenvalue weighted by Gasteiger charge is -2.03. The monoisotopic (exact) mass is 392 g/mol. The fourth-order valence-electron chi connectivity index (χ4n) is 2.40. The first-order valence-corrected chi connectivity index (χ1v) is 8.18. The number of halogens is 1. The van der Waals surface area contributed by atoms with E-state index in [0.29, 0.717) is 29.4 Å². The molecule has 0 bridgehead atoms. The zero-order chi connectivity index (χ0) is 17.4. The Morgan fingerprint density at radius 2 is 2.00 bits per heavy atom. The van der Waals surface area contributed by atoms with Crippen LogP contribution in [0.15, 0.2) is 25.5 Å². The zero-order valence-corrected chi connectivity index (χ0v) is 15.4. The highest BCUT2D eigenvalue weighted by molar-refractivity contribution is 9.10. The lowest BCUT2D eigenvalue weighted by molar-refractivity contribution is 0.0994. The quantitative estimate of drug-likeness (QED) is 0.730. The van der Waals surface area contributed by atoms with Gasteiger partial charge in [0, 0.05) is 0 Å². The van der Waals surface area contributed by atoms with E-state index >= 15 is 0 Å². The van der Waals surface area contributed by atoms with Gasteiger partial charge in [0.1, 0.15) is 17.1 Å². The molecular weight excluding hydrogens is 376 g/mol. The number of rotatable bonds is 4. The molecule has 0 aliphatic carbocycles. The summed E-state index contributed by atoms with van der Waals surface area (Å²) in [6.07, 6.45) is 0. The molecule has 0 saturated carbocycles. The molecule has 0 aliphatic rings. The van der Waals surface area contributed by atoms with E-state index in [1.165, 1.54) is 0 Å². The van der Waals surface area contributed by atoms with Gasteiger partial charge in [0.05, 0.1) is 22.4 Å². The Morgan fingerprint density at radius 1 is 1.25 bits per heavy atom. The molecule has 3 rings (SSSR count). The van der Waals surface area contributed by atoms with Crippen molar-refractivity contribution >= 4 is 27.5 Å². The van der Waals surface area contributed by atoms with Crippen molar-refractivity contribution in [3.8, 4) is 0 Å². The Kier molecular flexibility index (Phi) is 4.31. The molecule has 0 saturated heterocycles. The van der Waals surface area contributed by atoms with Gasteiger partial charge in [-0.3, -0.25) is 9.48 Å². The van der Waals surface area contributed by atoms with Crippen LogP contribution in [0.5, 0.6) is 0 Å². The van der Waals surface area contributed by atoms with Crippen LogP contribution in [-0.4, -0.2) is 20.8 Å². The third kappa shape index (κ3) is 3.01. The van der Waals surface area contributed by atoms with Gasteiger partial charge in [-0.2, -0.15) is 5.10 Å². The highest BCUT2D eigenvalue weighted by atomic mass is 79.9. The van der Waals surface area contributed by atoms with E-state index in [2.05, 4.69) is 31.5 Å². The van der Waals surface area contributed by atoms with E-state index in [-0.39, 0.29) is 11.7 Å². The number of carbonyl (C=O) groups excluding carboxylic acids is 1. The van der Waals surface area contributed by atoms with E-state index in [9.17, 15) is 4.79 Å². The van der Waals surface area contributed by atoms with Crippen LogP contribution in [-0.2, 0) is 6.54 Å². The standard InChI is InChI=1S/C16H17BrN4O3/c1-8-14(17)10(3)21(19-8)7-12-5-6-13(23-12)16(22)18-15-9(2)20-24-11(15)4/h5-6H,7H2,1-4H3,(H,18,22). The van der Waals surface area contributed by atoms with Crippen molar-refractivity contribution in [3.63, 3.8) is 0 Å². The predicted molar refractivity (Wildman–Crippen MR) is 91.1 cm³/mol. The molecule has 3 heterocycles. The van der Waals surface area contributed by atoms with E-state index in [0.717, 1.165) is 15.9 Å². The van der Waals surface area contributed by atoms with Gasteiger partial charge in [0.15, 0.2) is 11.5 Å². The van der Waals surface area contributed by atoms with Crippen LogP contribution in [0.25, 0.3) is 0 Å². The summed E-state index contributed by atoms with van der Waals surface area (Å²) in [5, 5.41) is 11.0. The molecule has 0 unspecified atom stereocenters. The van der Waals surface area contributed by atoms with Crippen LogP contribution in [0.4, 0.5) is 5.69 Å². The van der Waals surface area contributed by atoms with Gasteiger partial charge in [0.25, 0.3) is 5.91 Å². The average Bonchev–Trinajstić information content (AvgIpc) is 3.20. The van der Waals surface area contributed by atoms with E-state index in [1.54, 1.807) is 26.0 Å². The first kappa shape index (κ1) is 16.5. The number of hydrogen-bond donors (Lipinski definition) is 1. The normalized spacial score (nSPS) is 11.0. The van der Waals surface area contributed by atoms with E-state index in [4.69, 9.17) is 8.94 Å². The van der Waals surface area contributed by atoms with E-state index < -0.39 is 0 Å². The third-order valence-corrected chi connectivity index (χ3v) is 4.90. The molecule has 7 nitrogen and oxygen atoms in total. The molecule has 0 aromatic carbocycles. The first-order valence-electron chi connectivity index (χ1n) is 7.39. The number of carbonyl (C=O) groups is 1. The molecule has 0 aliphatic heterocycles. The highest BCUT2D eigenvalue weighted by Crippen LogP contribution is 2.22. The molecule has 0 radical (unpaired) electrons. The van der Waals surface area contributed by atoms with Crippen LogP contribution in [0, 0.1) is 27.7 Å². The molecule has 8 heteroatoms. The van der Waals surface area contributed by atoms with E-state index in [1.807, 2.05) is 18.5 Å². The molecule has 1 N–H and O–H groups in total. The Hall–Kier alpha value is -2.35. The van der Waals surface area contributed by atoms with Crippen molar-refractivity contribution in [1.29, 1.82) is 0 Å². The summed E-state index contributed by atoms with van der Waals surface area (Å²) in [4.78, 5) is 12.3. The van der Waals surface area contributed by atoms with Crippen molar-refractivity contribution in [1.82, 2.24) is 14.9 Å². The summed E-state index contributed by atoms with van der Waals surface area (Å²) in [6, 6.07) is 3.41. The number of hydrogen-bond acceptors (Lipinski definition) is 5. The summed E-state index contributed by atoms with van der Waals surface area (Å²) >= 11 is 3.50. The Bertz CT molecular complexity index is 887. The molecule has 0 spiro atoms. The second kappa shape index (κ2) is 6.27. The molecule has 24 heavy (non-hydrogen) atoms. The fourth-order valence-corrected chi connectivity index (χ4v) is 2.68. The van der Waals surface area contributed by atoms with Gasteiger partial charge in [-0.25, -0.2) is 0 Å². The van der Waals surface area contributed by atoms with Crippen LogP contribution < -0.4 is 5.32 Å². The van der Waals surface area contributed by atoms with Gasteiger partial charge in [-0.15, -0.1) is 0 Å². The maximum absolute atomic E-state index is 12.3. The third-order valence-electron chi connectivity index (χ3n) is 3.76.